The molecule has 0 aromatic rings. The maximum atomic E-state index is 3.69. The first-order chi connectivity index (χ1) is 9.31. The number of nitrogens with one attached hydrogen (secondary N) is 1. The molecule has 108 valence electrons. The molecule has 0 spiro atoms. The molecule has 2 fully saturated rings. The number of allylic oxidation sites excluding steroid dienone is 2. The molecule has 3 unspecified atom stereocenters. The Hall–Kier alpha value is -0.380. The third kappa shape index (κ3) is 3.59. The van der Waals surface area contributed by atoms with Crippen LogP contribution < -0.4 is 5.32 Å². The van der Waals surface area contributed by atoms with Crippen LogP contribution in [0.2, 0.25) is 0 Å². The zero-order valence-electron chi connectivity index (χ0n) is 12.4. The molecule has 1 N–H and O–H groups in total. The van der Waals surface area contributed by atoms with Crippen molar-refractivity contribution in [1.29, 1.82) is 0 Å². The molecule has 1 heterocycles. The van der Waals surface area contributed by atoms with Crippen molar-refractivity contribution in [3.05, 3.63) is 12.2 Å². The summed E-state index contributed by atoms with van der Waals surface area (Å²) in [6, 6.07) is 0. The van der Waals surface area contributed by atoms with Crippen LogP contribution in [0.4, 0.5) is 0 Å². The Bertz CT molecular complexity index is 307. The molecule has 3 heteroatoms. The Balaban J connectivity index is 1.23. The quantitative estimate of drug-likeness (QED) is 0.578. The summed E-state index contributed by atoms with van der Waals surface area (Å²) < 4.78 is 0. The lowest BCUT2D eigenvalue weighted by Crippen LogP contribution is -2.45. The second kappa shape index (κ2) is 6.38. The van der Waals surface area contributed by atoms with Gasteiger partial charge in [0.05, 0.1) is 0 Å². The van der Waals surface area contributed by atoms with Crippen LogP contribution in [0.3, 0.4) is 0 Å². The van der Waals surface area contributed by atoms with E-state index in [0.717, 1.165) is 17.8 Å². The first-order valence-electron chi connectivity index (χ1n) is 8.11. The smallest absolute Gasteiger partial charge is 0.0110 e. The van der Waals surface area contributed by atoms with Crippen molar-refractivity contribution in [2.24, 2.45) is 17.8 Å². The fraction of sp³-hybridized carbons (Fsp3) is 0.875. The van der Waals surface area contributed by atoms with Gasteiger partial charge in [-0.05, 0) is 63.7 Å². The van der Waals surface area contributed by atoms with Gasteiger partial charge in [0.1, 0.15) is 0 Å². The predicted molar refractivity (Wildman–Crippen MR) is 80.3 cm³/mol. The van der Waals surface area contributed by atoms with E-state index in [2.05, 4.69) is 34.3 Å². The number of hydrogen-bond donors (Lipinski definition) is 1. The van der Waals surface area contributed by atoms with E-state index < -0.39 is 0 Å². The lowest BCUT2D eigenvalue weighted by molar-refractivity contribution is 0.152. The number of likely N-dealkylation sites (N-methyl/N-ethyl adjacent to an activating group) is 1. The largest absolute Gasteiger partial charge is 0.316 e. The summed E-state index contributed by atoms with van der Waals surface area (Å²) in [5, 5.41) is 3.69. The minimum Gasteiger partial charge on any atom is -0.316 e. The first kappa shape index (κ1) is 13.6. The van der Waals surface area contributed by atoms with Gasteiger partial charge in [-0.3, -0.25) is 0 Å². The fourth-order valence-corrected chi connectivity index (χ4v) is 3.92. The molecule has 3 nitrogen and oxygen atoms in total. The molecule has 0 aromatic carbocycles. The average molecular weight is 263 g/mol. The lowest BCUT2D eigenvalue weighted by Gasteiger charge is -2.32. The van der Waals surface area contributed by atoms with Gasteiger partial charge in [-0.25, -0.2) is 0 Å². The normalized spacial score (nSPS) is 35.3. The number of fused-ring (bicyclic) bond motifs is 2. The summed E-state index contributed by atoms with van der Waals surface area (Å²) in [4.78, 5) is 5.04. The van der Waals surface area contributed by atoms with Gasteiger partial charge in [0.25, 0.3) is 0 Å². The SMILES string of the molecule is CN1CCN(CCCNCC2CC3C=CC2C3)CC1. The van der Waals surface area contributed by atoms with Crippen LogP contribution in [-0.4, -0.2) is 62.7 Å². The van der Waals surface area contributed by atoms with Crippen LogP contribution in [0.15, 0.2) is 12.2 Å². The van der Waals surface area contributed by atoms with Crippen molar-refractivity contribution in [3.63, 3.8) is 0 Å². The van der Waals surface area contributed by atoms with Gasteiger partial charge < -0.3 is 15.1 Å². The molecule has 1 saturated carbocycles. The Kier molecular flexibility index (Phi) is 4.57. The predicted octanol–water partition coefficient (Wildman–Crippen LogP) is 1.43. The highest BCUT2D eigenvalue weighted by atomic mass is 15.2. The van der Waals surface area contributed by atoms with Gasteiger partial charge in [-0.1, -0.05) is 12.2 Å². The fourth-order valence-electron chi connectivity index (χ4n) is 3.92. The summed E-state index contributed by atoms with van der Waals surface area (Å²) in [6.45, 7) is 8.72. The third-order valence-electron chi connectivity index (χ3n) is 5.25. The van der Waals surface area contributed by atoms with Crippen molar-refractivity contribution >= 4 is 0 Å². The van der Waals surface area contributed by atoms with Crippen LogP contribution in [0, 0.1) is 17.8 Å². The highest BCUT2D eigenvalue weighted by molar-refractivity contribution is 5.10. The molecular formula is C16H29N3. The topological polar surface area (TPSA) is 18.5 Å². The van der Waals surface area contributed by atoms with E-state index in [1.54, 1.807) is 0 Å². The first-order valence-corrected chi connectivity index (χ1v) is 8.11. The summed E-state index contributed by atoms with van der Waals surface area (Å²) in [5.41, 5.74) is 0. The Labute approximate surface area is 118 Å². The Morgan fingerprint density at radius 2 is 1.95 bits per heavy atom. The van der Waals surface area contributed by atoms with Crippen LogP contribution in [0.5, 0.6) is 0 Å². The van der Waals surface area contributed by atoms with Crippen molar-refractivity contribution in [3.8, 4) is 0 Å². The molecule has 2 bridgehead atoms. The average Bonchev–Trinajstić information content (AvgIpc) is 3.03. The zero-order chi connectivity index (χ0) is 13.1. The molecule has 3 rings (SSSR count). The highest BCUT2D eigenvalue weighted by Gasteiger charge is 2.34. The van der Waals surface area contributed by atoms with Gasteiger partial charge in [0.2, 0.25) is 0 Å². The van der Waals surface area contributed by atoms with Gasteiger partial charge in [-0.15, -0.1) is 0 Å². The molecule has 0 radical (unpaired) electrons. The van der Waals surface area contributed by atoms with E-state index in [1.165, 1.54) is 65.1 Å². The van der Waals surface area contributed by atoms with E-state index in [4.69, 9.17) is 0 Å². The van der Waals surface area contributed by atoms with Crippen LogP contribution in [-0.2, 0) is 0 Å². The summed E-state index contributed by atoms with van der Waals surface area (Å²) >= 11 is 0. The monoisotopic (exact) mass is 263 g/mol. The van der Waals surface area contributed by atoms with Gasteiger partial charge >= 0.3 is 0 Å². The molecule has 3 aliphatic rings. The second-order valence-electron chi connectivity index (χ2n) is 6.74. The maximum absolute atomic E-state index is 3.69. The molecule has 19 heavy (non-hydrogen) atoms. The molecular weight excluding hydrogens is 234 g/mol. The number of nitrogens with zero attached hydrogens (tertiary/aromatic N) is 2. The molecule has 0 amide bonds. The summed E-state index contributed by atoms with van der Waals surface area (Å²) in [5.74, 6) is 2.75. The molecule has 3 atom stereocenters. The lowest BCUT2D eigenvalue weighted by atomic mass is 9.94. The zero-order valence-corrected chi connectivity index (χ0v) is 12.4. The van der Waals surface area contributed by atoms with E-state index in [1.807, 2.05) is 0 Å². The Morgan fingerprint density at radius 3 is 2.63 bits per heavy atom. The van der Waals surface area contributed by atoms with E-state index in [9.17, 15) is 0 Å². The summed E-state index contributed by atoms with van der Waals surface area (Å²) in [7, 11) is 2.22. The van der Waals surface area contributed by atoms with Crippen molar-refractivity contribution < 1.29 is 0 Å². The van der Waals surface area contributed by atoms with E-state index in [0.29, 0.717) is 0 Å². The van der Waals surface area contributed by atoms with Gasteiger partial charge in [0, 0.05) is 26.2 Å². The standard InChI is InChI=1S/C16H29N3/c1-18-7-9-19(10-8-18)6-2-5-17-13-16-12-14-3-4-15(16)11-14/h3-4,14-17H,2,5-13H2,1H3. The molecule has 2 aliphatic carbocycles. The number of rotatable bonds is 6. The van der Waals surface area contributed by atoms with Crippen molar-refractivity contribution in [1.82, 2.24) is 15.1 Å². The molecule has 1 aliphatic heterocycles. The van der Waals surface area contributed by atoms with Crippen molar-refractivity contribution in [2.45, 2.75) is 19.3 Å². The molecule has 0 aromatic heterocycles. The van der Waals surface area contributed by atoms with Crippen LogP contribution >= 0.6 is 0 Å². The van der Waals surface area contributed by atoms with E-state index >= 15 is 0 Å². The van der Waals surface area contributed by atoms with Crippen LogP contribution in [0.25, 0.3) is 0 Å². The van der Waals surface area contributed by atoms with Crippen LogP contribution in [0.1, 0.15) is 19.3 Å². The summed E-state index contributed by atoms with van der Waals surface area (Å²) in [6.07, 6.45) is 9.08. The highest BCUT2D eigenvalue weighted by Crippen LogP contribution is 2.42. The van der Waals surface area contributed by atoms with Crippen molar-refractivity contribution in [2.75, 3.05) is 52.9 Å². The van der Waals surface area contributed by atoms with E-state index in [-0.39, 0.29) is 0 Å². The van der Waals surface area contributed by atoms with Gasteiger partial charge in [0.15, 0.2) is 0 Å². The second-order valence-corrected chi connectivity index (χ2v) is 6.74. The Morgan fingerprint density at radius 1 is 1.11 bits per heavy atom. The third-order valence-corrected chi connectivity index (χ3v) is 5.25. The minimum absolute atomic E-state index is 0.898. The molecule has 1 saturated heterocycles. The number of piperazine rings is 1. The number of hydrogen-bond acceptors (Lipinski definition) is 3. The van der Waals surface area contributed by atoms with Gasteiger partial charge in [-0.2, -0.15) is 0 Å². The maximum Gasteiger partial charge on any atom is 0.0110 e. The minimum atomic E-state index is 0.898.